The molecule has 0 aliphatic carbocycles. The van der Waals surface area contributed by atoms with Crippen molar-refractivity contribution in [1.29, 1.82) is 0 Å². The molecule has 8 unspecified atom stereocenters. The Bertz CT molecular complexity index is 1010. The lowest BCUT2D eigenvalue weighted by Gasteiger charge is -2.31. The van der Waals surface area contributed by atoms with E-state index in [0.29, 0.717) is 43.4 Å². The predicted octanol–water partition coefficient (Wildman–Crippen LogP) is 5.63. The number of hydrogen-bond donors (Lipinski definition) is 2. The average Bonchev–Trinajstić information content (AvgIpc) is 3.09. The van der Waals surface area contributed by atoms with Gasteiger partial charge in [0.15, 0.2) is 5.60 Å². The number of hydrogen-bond acceptors (Lipinski definition) is 7. The fraction of sp³-hybridized carbons (Fsp3) is 0.719. The minimum absolute atomic E-state index is 0.0422. The summed E-state index contributed by atoms with van der Waals surface area (Å²) in [5, 5.41) is 21.9. The van der Waals surface area contributed by atoms with Crippen molar-refractivity contribution in [2.45, 2.75) is 125 Å². The number of allylic oxidation sites excluding steroid dienone is 1. The largest absolute Gasteiger partial charge is 0.482 e. The molecule has 2 aliphatic heterocycles. The summed E-state index contributed by atoms with van der Waals surface area (Å²) in [7, 11) is 0. The molecule has 2 rings (SSSR count). The Morgan fingerprint density at radius 3 is 2.38 bits per heavy atom. The van der Waals surface area contributed by atoms with Gasteiger partial charge in [0, 0.05) is 42.6 Å². The number of Topliss-reactive ketones (excluding diaryl/α,β-unsaturated/α-hetero) is 2. The van der Waals surface area contributed by atoms with Gasteiger partial charge in [-0.2, -0.15) is 0 Å². The molecule has 0 saturated carbocycles. The van der Waals surface area contributed by atoms with Crippen LogP contribution < -0.4 is 0 Å². The van der Waals surface area contributed by atoms with Gasteiger partial charge in [0.25, 0.3) is 0 Å². The summed E-state index contributed by atoms with van der Waals surface area (Å²) in [6.07, 6.45) is 4.22. The Labute approximate surface area is 234 Å². The summed E-state index contributed by atoms with van der Waals surface area (Å²) < 4.78 is 11.9. The van der Waals surface area contributed by atoms with Crippen LogP contribution in [0.3, 0.4) is 0 Å². The van der Waals surface area contributed by atoms with Crippen molar-refractivity contribution < 1.29 is 34.1 Å². The van der Waals surface area contributed by atoms with Crippen LogP contribution in [0.5, 0.6) is 0 Å². The number of carbonyl (C=O) groups excluding carboxylic acids is 3. The molecule has 8 atom stereocenters. The third-order valence-electron chi connectivity index (χ3n) is 8.50. The van der Waals surface area contributed by atoms with E-state index in [1.165, 1.54) is 0 Å². The van der Waals surface area contributed by atoms with Crippen LogP contribution >= 0.6 is 0 Å². The standard InChI is InChI=1S/C32H50O7/c1-10-24-27-16-28(34)38-26(13-12-18(3)17-32(9,39-27)31(24)37)23(8)30(36)21(6)15-19(4)14-20(5)29(35)22(7)25(33)11-2/h12,14,20-23,26,29-30,35-36H,10-11,13,15-17H2,1-9H3. The first-order chi connectivity index (χ1) is 18.1. The number of esters is 1. The predicted molar refractivity (Wildman–Crippen MR) is 152 cm³/mol. The van der Waals surface area contributed by atoms with Gasteiger partial charge in [-0.1, -0.05) is 64.8 Å². The maximum Gasteiger partial charge on any atom is 0.313 e. The van der Waals surface area contributed by atoms with Crippen LogP contribution in [0, 0.1) is 23.7 Å². The van der Waals surface area contributed by atoms with E-state index in [9.17, 15) is 24.6 Å². The van der Waals surface area contributed by atoms with Crippen LogP contribution in [-0.2, 0) is 23.9 Å². The number of rotatable bonds is 11. The SMILES string of the molecule is CCC(=O)C(C)C(O)C(C)C=C(C)CC(C)C(O)C(C)C1CC=C(C)CC2(C)OC(=C(CC)C2=O)CC(=O)O1. The Hall–Kier alpha value is -2.25. The third kappa shape index (κ3) is 8.14. The molecule has 0 aromatic carbocycles. The number of aliphatic hydroxyl groups excluding tert-OH is 2. The number of ether oxygens (including phenoxy) is 2. The Kier molecular flexibility index (Phi) is 11.7. The summed E-state index contributed by atoms with van der Waals surface area (Å²) in [5.74, 6) is -1.16. The maximum absolute atomic E-state index is 13.0. The van der Waals surface area contributed by atoms with Gasteiger partial charge in [0.05, 0.1) is 12.2 Å². The van der Waals surface area contributed by atoms with Crippen molar-refractivity contribution in [3.05, 3.63) is 34.6 Å². The molecule has 0 saturated heterocycles. The molecule has 0 aromatic rings. The molecule has 0 aromatic heterocycles. The Balaban J connectivity index is 2.14. The van der Waals surface area contributed by atoms with Gasteiger partial charge in [0.2, 0.25) is 5.78 Å². The summed E-state index contributed by atoms with van der Waals surface area (Å²) in [6.45, 7) is 16.9. The number of cyclic esters (lactones) is 1. The van der Waals surface area contributed by atoms with E-state index in [-0.39, 0.29) is 35.7 Å². The van der Waals surface area contributed by atoms with Gasteiger partial charge < -0.3 is 19.7 Å². The van der Waals surface area contributed by atoms with Crippen LogP contribution in [0.1, 0.15) is 101 Å². The van der Waals surface area contributed by atoms with E-state index < -0.39 is 35.8 Å². The molecular formula is C32H50O7. The second kappa shape index (κ2) is 13.9. The summed E-state index contributed by atoms with van der Waals surface area (Å²) in [4.78, 5) is 37.9. The fourth-order valence-electron chi connectivity index (χ4n) is 6.03. The van der Waals surface area contributed by atoms with Crippen molar-refractivity contribution in [3.8, 4) is 0 Å². The molecule has 7 nitrogen and oxygen atoms in total. The van der Waals surface area contributed by atoms with Gasteiger partial charge in [-0.3, -0.25) is 14.4 Å². The Morgan fingerprint density at radius 1 is 1.15 bits per heavy atom. The van der Waals surface area contributed by atoms with Gasteiger partial charge >= 0.3 is 5.97 Å². The van der Waals surface area contributed by atoms with Crippen LogP contribution in [0.25, 0.3) is 0 Å². The first kappa shape index (κ1) is 33.0. The van der Waals surface area contributed by atoms with Gasteiger partial charge in [-0.05, 0) is 39.5 Å². The van der Waals surface area contributed by atoms with Crippen molar-refractivity contribution in [2.75, 3.05) is 0 Å². The molecule has 2 heterocycles. The second-order valence-electron chi connectivity index (χ2n) is 12.1. The molecular weight excluding hydrogens is 496 g/mol. The lowest BCUT2D eigenvalue weighted by Crippen LogP contribution is -2.37. The number of fused-ring (bicyclic) bond motifs is 2. The minimum atomic E-state index is -1.00. The molecule has 2 bridgehead atoms. The topological polar surface area (TPSA) is 110 Å². The molecule has 0 spiro atoms. The van der Waals surface area contributed by atoms with E-state index in [1.54, 1.807) is 20.8 Å². The average molecular weight is 547 g/mol. The van der Waals surface area contributed by atoms with E-state index in [2.05, 4.69) is 0 Å². The van der Waals surface area contributed by atoms with Gasteiger partial charge in [-0.25, -0.2) is 0 Å². The molecule has 0 amide bonds. The summed E-state index contributed by atoms with van der Waals surface area (Å²) in [6, 6.07) is 0. The summed E-state index contributed by atoms with van der Waals surface area (Å²) in [5.41, 5.74) is 1.55. The first-order valence-corrected chi connectivity index (χ1v) is 14.5. The van der Waals surface area contributed by atoms with Crippen molar-refractivity contribution in [1.82, 2.24) is 0 Å². The lowest BCUT2D eigenvalue weighted by atomic mass is 9.83. The maximum atomic E-state index is 13.0. The second-order valence-corrected chi connectivity index (χ2v) is 12.1. The van der Waals surface area contributed by atoms with Crippen molar-refractivity contribution in [3.63, 3.8) is 0 Å². The normalized spacial score (nSPS) is 27.4. The van der Waals surface area contributed by atoms with Gasteiger partial charge in [0.1, 0.15) is 24.1 Å². The highest BCUT2D eigenvalue weighted by Gasteiger charge is 2.45. The quantitative estimate of drug-likeness (QED) is 0.255. The van der Waals surface area contributed by atoms with Crippen LogP contribution in [0.2, 0.25) is 0 Å². The van der Waals surface area contributed by atoms with Gasteiger partial charge in [-0.15, -0.1) is 0 Å². The number of aliphatic hydroxyl groups is 2. The van der Waals surface area contributed by atoms with Crippen LogP contribution in [-0.4, -0.2) is 51.7 Å². The van der Waals surface area contributed by atoms with E-state index in [0.717, 1.165) is 11.1 Å². The van der Waals surface area contributed by atoms with E-state index >= 15 is 0 Å². The van der Waals surface area contributed by atoms with Crippen molar-refractivity contribution >= 4 is 17.5 Å². The molecule has 7 heteroatoms. The summed E-state index contributed by atoms with van der Waals surface area (Å²) >= 11 is 0. The third-order valence-corrected chi connectivity index (χ3v) is 8.50. The van der Waals surface area contributed by atoms with Crippen LogP contribution in [0.15, 0.2) is 34.6 Å². The lowest BCUT2D eigenvalue weighted by molar-refractivity contribution is -0.154. The smallest absolute Gasteiger partial charge is 0.313 e. The Morgan fingerprint density at radius 2 is 1.79 bits per heavy atom. The molecule has 220 valence electrons. The minimum Gasteiger partial charge on any atom is -0.482 e. The highest BCUT2D eigenvalue weighted by atomic mass is 16.6. The van der Waals surface area contributed by atoms with E-state index in [4.69, 9.17) is 9.47 Å². The molecule has 0 fully saturated rings. The molecule has 0 radical (unpaired) electrons. The molecule has 2 aliphatic rings. The number of carbonyl (C=O) groups is 3. The zero-order chi connectivity index (χ0) is 29.7. The fourth-order valence-corrected chi connectivity index (χ4v) is 6.03. The first-order valence-electron chi connectivity index (χ1n) is 14.5. The van der Waals surface area contributed by atoms with Crippen LogP contribution in [0.4, 0.5) is 0 Å². The molecule has 39 heavy (non-hydrogen) atoms. The monoisotopic (exact) mass is 546 g/mol. The highest BCUT2D eigenvalue weighted by molar-refractivity contribution is 6.04. The highest BCUT2D eigenvalue weighted by Crippen LogP contribution is 2.39. The zero-order valence-electron chi connectivity index (χ0n) is 25.4. The molecule has 2 N–H and O–H groups in total. The number of ketones is 2. The van der Waals surface area contributed by atoms with E-state index in [1.807, 2.05) is 53.7 Å². The van der Waals surface area contributed by atoms with Crippen molar-refractivity contribution in [2.24, 2.45) is 23.7 Å². The zero-order valence-corrected chi connectivity index (χ0v) is 25.4.